The van der Waals surface area contributed by atoms with Gasteiger partial charge >= 0.3 is 5.97 Å². The van der Waals surface area contributed by atoms with Gasteiger partial charge in [0, 0.05) is 11.1 Å². The standard InChI is InChI=1S/C27H29FN2O3/c1-4-27(2,3)17-13-14-22-19(15-17)25(18-9-5-7-11-21(18)29-22)26(32)33-16-24(31)30-23-12-8-6-10-20(23)28/h5-12,17H,4,13-16H2,1-3H3,(H,30,31). The molecular weight excluding hydrogens is 419 g/mol. The molecule has 5 nitrogen and oxygen atoms in total. The van der Waals surface area contributed by atoms with Gasteiger partial charge in [-0.3, -0.25) is 9.78 Å². The van der Waals surface area contributed by atoms with Crippen molar-refractivity contribution in [3.05, 3.63) is 71.2 Å². The molecule has 1 aliphatic carbocycles. The lowest BCUT2D eigenvalue weighted by Gasteiger charge is -2.37. The fraction of sp³-hybridized carbons (Fsp3) is 0.370. The van der Waals surface area contributed by atoms with Crippen molar-refractivity contribution in [1.82, 2.24) is 4.98 Å². The van der Waals surface area contributed by atoms with Crippen LogP contribution >= 0.6 is 0 Å². The smallest absolute Gasteiger partial charge is 0.339 e. The summed E-state index contributed by atoms with van der Waals surface area (Å²) >= 11 is 0. The van der Waals surface area contributed by atoms with E-state index in [0.29, 0.717) is 11.5 Å². The maximum atomic E-state index is 13.8. The molecule has 1 unspecified atom stereocenters. The van der Waals surface area contributed by atoms with E-state index >= 15 is 0 Å². The Balaban J connectivity index is 1.61. The summed E-state index contributed by atoms with van der Waals surface area (Å²) in [6.07, 6.45) is 3.63. The number of carbonyl (C=O) groups is 2. The molecule has 1 atom stereocenters. The van der Waals surface area contributed by atoms with Crippen LogP contribution in [-0.2, 0) is 22.4 Å². The van der Waals surface area contributed by atoms with Gasteiger partial charge in [-0.05, 0) is 54.4 Å². The fourth-order valence-corrected chi connectivity index (χ4v) is 4.53. The van der Waals surface area contributed by atoms with Gasteiger partial charge in [0.05, 0.1) is 16.8 Å². The van der Waals surface area contributed by atoms with Crippen LogP contribution in [0.4, 0.5) is 10.1 Å². The van der Waals surface area contributed by atoms with Gasteiger partial charge in [-0.25, -0.2) is 9.18 Å². The van der Waals surface area contributed by atoms with Crippen molar-refractivity contribution < 1.29 is 18.7 Å². The number of nitrogens with zero attached hydrogens (tertiary/aromatic N) is 1. The first-order valence-electron chi connectivity index (χ1n) is 11.4. The third-order valence-electron chi connectivity index (χ3n) is 6.96. The van der Waals surface area contributed by atoms with E-state index in [1.54, 1.807) is 6.07 Å². The Morgan fingerprint density at radius 1 is 1.15 bits per heavy atom. The summed E-state index contributed by atoms with van der Waals surface area (Å²) < 4.78 is 19.2. The molecule has 33 heavy (non-hydrogen) atoms. The summed E-state index contributed by atoms with van der Waals surface area (Å²) in [6, 6.07) is 13.4. The lowest BCUT2D eigenvalue weighted by atomic mass is 9.68. The van der Waals surface area contributed by atoms with Gasteiger partial charge in [0.2, 0.25) is 0 Å². The molecule has 1 N–H and O–H groups in total. The summed E-state index contributed by atoms with van der Waals surface area (Å²) in [6.45, 7) is 6.23. The van der Waals surface area contributed by atoms with E-state index in [1.165, 1.54) is 18.2 Å². The summed E-state index contributed by atoms with van der Waals surface area (Å²) in [5.74, 6) is -1.26. The molecule has 1 aliphatic rings. The topological polar surface area (TPSA) is 68.3 Å². The Kier molecular flexibility index (Phi) is 6.45. The maximum Gasteiger partial charge on any atom is 0.339 e. The Labute approximate surface area is 193 Å². The van der Waals surface area contributed by atoms with Gasteiger partial charge in [-0.1, -0.05) is 57.5 Å². The van der Waals surface area contributed by atoms with Crippen LogP contribution in [0.5, 0.6) is 0 Å². The first-order valence-corrected chi connectivity index (χ1v) is 11.4. The number of para-hydroxylation sites is 2. The number of anilines is 1. The molecule has 3 aromatic rings. The number of hydrogen-bond donors (Lipinski definition) is 1. The Bertz CT molecular complexity index is 1210. The van der Waals surface area contributed by atoms with E-state index in [-0.39, 0.29) is 11.1 Å². The molecule has 1 amide bonds. The van der Waals surface area contributed by atoms with Crippen LogP contribution in [0, 0.1) is 17.2 Å². The fourth-order valence-electron chi connectivity index (χ4n) is 4.53. The van der Waals surface area contributed by atoms with Gasteiger partial charge in [-0.15, -0.1) is 0 Å². The van der Waals surface area contributed by atoms with Crippen molar-refractivity contribution in [2.45, 2.75) is 46.5 Å². The molecular formula is C27H29FN2O3. The van der Waals surface area contributed by atoms with Gasteiger partial charge in [-0.2, -0.15) is 0 Å². The van der Waals surface area contributed by atoms with Gasteiger partial charge in [0.1, 0.15) is 5.82 Å². The zero-order chi connectivity index (χ0) is 23.6. The molecule has 1 aromatic heterocycles. The van der Waals surface area contributed by atoms with E-state index in [2.05, 4.69) is 26.1 Å². The average Bonchev–Trinajstić information content (AvgIpc) is 2.82. The molecule has 0 saturated heterocycles. The van der Waals surface area contributed by atoms with E-state index < -0.39 is 24.3 Å². The van der Waals surface area contributed by atoms with Crippen LogP contribution < -0.4 is 5.32 Å². The molecule has 172 valence electrons. The van der Waals surface area contributed by atoms with Crippen LogP contribution in [0.1, 0.15) is 55.2 Å². The molecule has 4 rings (SSSR count). The quantitative estimate of drug-likeness (QED) is 0.491. The van der Waals surface area contributed by atoms with Crippen molar-refractivity contribution in [1.29, 1.82) is 0 Å². The van der Waals surface area contributed by atoms with Crippen LogP contribution in [0.2, 0.25) is 0 Å². The highest BCUT2D eigenvalue weighted by atomic mass is 19.1. The third-order valence-corrected chi connectivity index (χ3v) is 6.96. The van der Waals surface area contributed by atoms with Crippen molar-refractivity contribution in [3.63, 3.8) is 0 Å². The number of nitrogens with one attached hydrogen (secondary N) is 1. The van der Waals surface area contributed by atoms with Crippen LogP contribution in [0.3, 0.4) is 0 Å². The summed E-state index contributed by atoms with van der Waals surface area (Å²) in [4.78, 5) is 30.4. The monoisotopic (exact) mass is 448 g/mol. The molecule has 0 fully saturated rings. The number of benzene rings is 2. The normalized spacial score (nSPS) is 15.7. The number of esters is 1. The minimum absolute atomic E-state index is 0.0509. The first kappa shape index (κ1) is 22.9. The number of fused-ring (bicyclic) bond motifs is 2. The summed E-state index contributed by atoms with van der Waals surface area (Å²) in [7, 11) is 0. The van der Waals surface area contributed by atoms with Crippen molar-refractivity contribution in [2.75, 3.05) is 11.9 Å². The van der Waals surface area contributed by atoms with Crippen LogP contribution in [0.25, 0.3) is 10.9 Å². The molecule has 0 bridgehead atoms. The van der Waals surface area contributed by atoms with E-state index in [0.717, 1.165) is 47.8 Å². The SMILES string of the molecule is CCC(C)(C)C1CCc2nc3ccccc3c(C(=O)OCC(=O)Nc3ccccc3F)c2C1. The van der Waals surface area contributed by atoms with E-state index in [1.807, 2.05) is 24.3 Å². The maximum absolute atomic E-state index is 13.8. The minimum atomic E-state index is -0.592. The largest absolute Gasteiger partial charge is 0.452 e. The number of hydrogen-bond acceptors (Lipinski definition) is 4. The molecule has 0 aliphatic heterocycles. The first-order chi connectivity index (χ1) is 15.8. The van der Waals surface area contributed by atoms with Crippen LogP contribution in [-0.4, -0.2) is 23.5 Å². The Morgan fingerprint density at radius 3 is 2.64 bits per heavy atom. The number of aryl methyl sites for hydroxylation is 1. The zero-order valence-corrected chi connectivity index (χ0v) is 19.3. The minimum Gasteiger partial charge on any atom is -0.452 e. The summed E-state index contributed by atoms with van der Waals surface area (Å²) in [5.41, 5.74) is 3.28. The third kappa shape index (κ3) is 4.75. The lowest BCUT2D eigenvalue weighted by Crippen LogP contribution is -2.31. The molecule has 6 heteroatoms. The van der Waals surface area contributed by atoms with Gasteiger partial charge in [0.25, 0.3) is 5.91 Å². The van der Waals surface area contributed by atoms with Crippen molar-refractivity contribution in [2.24, 2.45) is 11.3 Å². The van der Waals surface area contributed by atoms with Gasteiger partial charge < -0.3 is 10.1 Å². The average molecular weight is 449 g/mol. The number of pyridine rings is 1. The molecule has 2 aromatic carbocycles. The highest BCUT2D eigenvalue weighted by molar-refractivity contribution is 6.06. The second-order valence-corrected chi connectivity index (χ2v) is 9.32. The number of carbonyl (C=O) groups excluding carboxylic acids is 2. The predicted molar refractivity (Wildman–Crippen MR) is 127 cm³/mol. The van der Waals surface area contributed by atoms with E-state index in [9.17, 15) is 14.0 Å². The molecule has 1 heterocycles. The number of halogens is 1. The number of aromatic nitrogens is 1. The Morgan fingerprint density at radius 2 is 1.88 bits per heavy atom. The van der Waals surface area contributed by atoms with Crippen LogP contribution in [0.15, 0.2) is 48.5 Å². The zero-order valence-electron chi connectivity index (χ0n) is 19.3. The van der Waals surface area contributed by atoms with E-state index in [4.69, 9.17) is 9.72 Å². The molecule has 0 saturated carbocycles. The predicted octanol–water partition coefficient (Wildman–Crippen LogP) is 5.71. The van der Waals surface area contributed by atoms with Gasteiger partial charge in [0.15, 0.2) is 6.61 Å². The summed E-state index contributed by atoms with van der Waals surface area (Å²) in [5, 5.41) is 3.18. The number of rotatable bonds is 6. The lowest BCUT2D eigenvalue weighted by molar-refractivity contribution is -0.119. The van der Waals surface area contributed by atoms with Crippen molar-refractivity contribution in [3.8, 4) is 0 Å². The van der Waals surface area contributed by atoms with Crippen molar-refractivity contribution >= 4 is 28.5 Å². The molecule has 0 radical (unpaired) electrons. The highest BCUT2D eigenvalue weighted by Gasteiger charge is 2.34. The Hall–Kier alpha value is -3.28. The number of ether oxygens (including phenoxy) is 1. The highest BCUT2D eigenvalue weighted by Crippen LogP contribution is 2.41. The second kappa shape index (κ2) is 9.30. The molecule has 0 spiro atoms. The number of amides is 1. The second-order valence-electron chi connectivity index (χ2n) is 9.32.